The summed E-state index contributed by atoms with van der Waals surface area (Å²) in [6, 6.07) is 6.76. The Morgan fingerprint density at radius 3 is 2.70 bits per heavy atom. The molecule has 0 bridgehead atoms. The zero-order valence-corrected chi connectivity index (χ0v) is 17.8. The molecule has 0 saturated heterocycles. The first-order valence-corrected chi connectivity index (χ1v) is 10.3. The average molecular weight is 433 g/mol. The standard InChI is InChI=1S/C19H24N6O4S/c1-4-29-17(26)16-11(2)21-18(27)22-14(16)10-30-19-24-23-15(25(19)20)9-12-5-7-13(28-3)8-6-12/h5-8,11H,4,9-10,20H2,1-3H3,(H2,21,22,27). The Kier molecular flexibility index (Phi) is 6.83. The number of hydrogen-bond acceptors (Lipinski definition) is 8. The first kappa shape index (κ1) is 21.5. The minimum absolute atomic E-state index is 0.245. The molecule has 1 aromatic carbocycles. The third kappa shape index (κ3) is 4.85. The molecule has 1 atom stereocenters. The molecule has 0 saturated carbocycles. The molecule has 2 amide bonds. The van der Waals surface area contributed by atoms with Gasteiger partial charge in [-0.2, -0.15) is 0 Å². The van der Waals surface area contributed by atoms with Gasteiger partial charge in [0.05, 0.1) is 25.3 Å². The van der Waals surface area contributed by atoms with E-state index in [-0.39, 0.29) is 18.4 Å². The third-order valence-electron chi connectivity index (χ3n) is 4.47. The summed E-state index contributed by atoms with van der Waals surface area (Å²) in [6.07, 6.45) is 0.502. The van der Waals surface area contributed by atoms with Crippen LogP contribution >= 0.6 is 11.8 Å². The van der Waals surface area contributed by atoms with Crippen molar-refractivity contribution in [1.29, 1.82) is 0 Å². The molecule has 4 N–H and O–H groups in total. The number of esters is 1. The molecule has 1 unspecified atom stereocenters. The SMILES string of the molecule is CCOC(=O)C1=C(CSc2nnc(Cc3ccc(OC)cc3)n2N)NC(=O)NC1C. The number of nitrogens with zero attached hydrogens (tertiary/aromatic N) is 3. The van der Waals surface area contributed by atoms with Crippen molar-refractivity contribution in [3.63, 3.8) is 0 Å². The fraction of sp³-hybridized carbons (Fsp3) is 0.368. The molecular weight excluding hydrogens is 408 g/mol. The zero-order chi connectivity index (χ0) is 21.7. The van der Waals surface area contributed by atoms with Gasteiger partial charge in [-0.15, -0.1) is 10.2 Å². The van der Waals surface area contributed by atoms with Crippen molar-refractivity contribution in [3.8, 4) is 5.75 Å². The number of carbonyl (C=O) groups excluding carboxylic acids is 2. The van der Waals surface area contributed by atoms with Crippen molar-refractivity contribution < 1.29 is 19.1 Å². The van der Waals surface area contributed by atoms with Gasteiger partial charge in [-0.25, -0.2) is 14.3 Å². The molecule has 160 valence electrons. The highest BCUT2D eigenvalue weighted by Crippen LogP contribution is 2.23. The number of benzene rings is 1. The number of methoxy groups -OCH3 is 1. The van der Waals surface area contributed by atoms with Gasteiger partial charge in [0.25, 0.3) is 0 Å². The number of rotatable bonds is 8. The van der Waals surface area contributed by atoms with E-state index in [0.29, 0.717) is 28.7 Å². The van der Waals surface area contributed by atoms with Crippen molar-refractivity contribution in [1.82, 2.24) is 25.5 Å². The topological polar surface area (TPSA) is 133 Å². The molecule has 0 spiro atoms. The highest BCUT2D eigenvalue weighted by atomic mass is 32.2. The van der Waals surface area contributed by atoms with E-state index < -0.39 is 12.0 Å². The van der Waals surface area contributed by atoms with E-state index in [1.807, 2.05) is 24.3 Å². The number of urea groups is 1. The minimum atomic E-state index is -0.470. The molecule has 0 radical (unpaired) electrons. The van der Waals surface area contributed by atoms with Crippen LogP contribution in [-0.2, 0) is 16.0 Å². The lowest BCUT2D eigenvalue weighted by Gasteiger charge is -2.26. The molecule has 1 aromatic heterocycles. The van der Waals surface area contributed by atoms with Crippen LogP contribution in [0.1, 0.15) is 25.2 Å². The maximum atomic E-state index is 12.3. The summed E-state index contributed by atoms with van der Waals surface area (Å²) in [5, 5.41) is 14.1. The number of amides is 2. The second-order valence-electron chi connectivity index (χ2n) is 6.52. The van der Waals surface area contributed by atoms with E-state index in [1.165, 1.54) is 16.4 Å². The van der Waals surface area contributed by atoms with Crippen LogP contribution in [0, 0.1) is 0 Å². The normalized spacial score (nSPS) is 16.1. The van der Waals surface area contributed by atoms with Crippen molar-refractivity contribution in [3.05, 3.63) is 46.9 Å². The first-order chi connectivity index (χ1) is 14.4. The van der Waals surface area contributed by atoms with Gasteiger partial charge < -0.3 is 25.9 Å². The van der Waals surface area contributed by atoms with Crippen LogP contribution in [0.15, 0.2) is 40.7 Å². The zero-order valence-electron chi connectivity index (χ0n) is 17.0. The van der Waals surface area contributed by atoms with Crippen LogP contribution in [0.4, 0.5) is 4.79 Å². The van der Waals surface area contributed by atoms with Crippen molar-refractivity contribution >= 4 is 23.8 Å². The Labute approximate surface area is 178 Å². The van der Waals surface area contributed by atoms with Crippen molar-refractivity contribution in [2.75, 3.05) is 25.3 Å². The minimum Gasteiger partial charge on any atom is -0.497 e. The number of nitrogens with one attached hydrogen (secondary N) is 2. The summed E-state index contributed by atoms with van der Waals surface area (Å²) in [6.45, 7) is 3.71. The van der Waals surface area contributed by atoms with E-state index in [0.717, 1.165) is 11.3 Å². The summed E-state index contributed by atoms with van der Waals surface area (Å²) in [7, 11) is 1.61. The Bertz CT molecular complexity index is 956. The molecule has 2 heterocycles. The number of nitrogens with two attached hydrogens (primary N) is 1. The smallest absolute Gasteiger partial charge is 0.337 e. The van der Waals surface area contributed by atoms with E-state index in [9.17, 15) is 9.59 Å². The van der Waals surface area contributed by atoms with Crippen molar-refractivity contribution in [2.24, 2.45) is 0 Å². The molecule has 0 fully saturated rings. The van der Waals surface area contributed by atoms with Gasteiger partial charge in [0.2, 0.25) is 5.16 Å². The van der Waals surface area contributed by atoms with Gasteiger partial charge >= 0.3 is 12.0 Å². The molecular formula is C19H24N6O4S. The quantitative estimate of drug-likeness (QED) is 0.322. The van der Waals surface area contributed by atoms with Gasteiger partial charge in [0, 0.05) is 17.9 Å². The summed E-state index contributed by atoms with van der Waals surface area (Å²) in [5.74, 6) is 7.33. The van der Waals surface area contributed by atoms with E-state index in [2.05, 4.69) is 20.8 Å². The predicted molar refractivity (Wildman–Crippen MR) is 111 cm³/mol. The lowest BCUT2D eigenvalue weighted by Crippen LogP contribution is -2.49. The highest BCUT2D eigenvalue weighted by molar-refractivity contribution is 7.99. The molecule has 0 aliphatic carbocycles. The Morgan fingerprint density at radius 1 is 1.30 bits per heavy atom. The molecule has 1 aliphatic heterocycles. The third-order valence-corrected chi connectivity index (χ3v) is 5.44. The van der Waals surface area contributed by atoms with Gasteiger partial charge in [-0.05, 0) is 31.5 Å². The Hall–Kier alpha value is -3.21. The van der Waals surface area contributed by atoms with Crippen LogP contribution < -0.4 is 21.2 Å². The summed E-state index contributed by atoms with van der Waals surface area (Å²) < 4.78 is 11.7. The maximum Gasteiger partial charge on any atom is 0.337 e. The van der Waals surface area contributed by atoms with E-state index >= 15 is 0 Å². The Morgan fingerprint density at radius 2 is 2.03 bits per heavy atom. The molecule has 30 heavy (non-hydrogen) atoms. The van der Waals surface area contributed by atoms with Crippen molar-refractivity contribution in [2.45, 2.75) is 31.5 Å². The number of hydrogen-bond donors (Lipinski definition) is 3. The van der Waals surface area contributed by atoms with Gasteiger partial charge in [0.1, 0.15) is 5.75 Å². The fourth-order valence-electron chi connectivity index (χ4n) is 2.98. The molecule has 3 rings (SSSR count). The second-order valence-corrected chi connectivity index (χ2v) is 7.46. The number of carbonyl (C=O) groups is 2. The number of nitrogen functional groups attached to an aromatic ring is 1. The average Bonchev–Trinajstić information content (AvgIpc) is 3.06. The maximum absolute atomic E-state index is 12.3. The van der Waals surface area contributed by atoms with Crippen LogP contribution in [0.5, 0.6) is 5.75 Å². The Balaban J connectivity index is 1.73. The summed E-state index contributed by atoms with van der Waals surface area (Å²) in [4.78, 5) is 24.2. The van der Waals surface area contributed by atoms with Crippen LogP contribution in [0.2, 0.25) is 0 Å². The first-order valence-electron chi connectivity index (χ1n) is 9.35. The molecule has 10 nitrogen and oxygen atoms in total. The molecule has 2 aromatic rings. The lowest BCUT2D eigenvalue weighted by molar-refractivity contribution is -0.138. The largest absolute Gasteiger partial charge is 0.497 e. The predicted octanol–water partition coefficient (Wildman–Crippen LogP) is 1.20. The molecule has 1 aliphatic rings. The number of ether oxygens (including phenoxy) is 2. The number of aromatic nitrogens is 3. The van der Waals surface area contributed by atoms with Crippen LogP contribution in [0.25, 0.3) is 0 Å². The second kappa shape index (κ2) is 9.53. The highest BCUT2D eigenvalue weighted by Gasteiger charge is 2.30. The number of thioether (sulfide) groups is 1. The van der Waals surface area contributed by atoms with E-state index in [1.54, 1.807) is 21.0 Å². The van der Waals surface area contributed by atoms with E-state index in [4.69, 9.17) is 15.3 Å². The van der Waals surface area contributed by atoms with Gasteiger partial charge in [0.15, 0.2) is 5.82 Å². The summed E-state index contributed by atoms with van der Waals surface area (Å²) in [5.41, 5.74) is 1.86. The van der Waals surface area contributed by atoms with Crippen LogP contribution in [0.3, 0.4) is 0 Å². The monoisotopic (exact) mass is 432 g/mol. The lowest BCUT2D eigenvalue weighted by atomic mass is 10.1. The van der Waals surface area contributed by atoms with Gasteiger partial charge in [-0.1, -0.05) is 23.9 Å². The molecule has 11 heteroatoms. The van der Waals surface area contributed by atoms with Gasteiger partial charge in [-0.3, -0.25) is 0 Å². The summed E-state index contributed by atoms with van der Waals surface area (Å²) >= 11 is 1.27. The van der Waals surface area contributed by atoms with Crippen LogP contribution in [-0.4, -0.2) is 52.4 Å². The fourth-order valence-corrected chi connectivity index (χ4v) is 3.83.